The molecule has 0 saturated carbocycles. The van der Waals surface area contributed by atoms with E-state index in [9.17, 15) is 13.2 Å². The Bertz CT molecular complexity index is 1140. The fourth-order valence-corrected chi connectivity index (χ4v) is 4.52. The average molecular weight is 452 g/mol. The van der Waals surface area contributed by atoms with E-state index in [1.807, 2.05) is 66.4 Å². The molecule has 0 aliphatic heterocycles. The molecule has 1 unspecified atom stereocenters. The van der Waals surface area contributed by atoms with Gasteiger partial charge in [0.1, 0.15) is 5.75 Å². The third-order valence-corrected chi connectivity index (χ3v) is 6.18. The lowest BCUT2D eigenvalue weighted by Gasteiger charge is -2.30. The van der Waals surface area contributed by atoms with E-state index in [2.05, 4.69) is 0 Å². The van der Waals surface area contributed by atoms with Crippen molar-refractivity contribution >= 4 is 15.7 Å². The van der Waals surface area contributed by atoms with Crippen LogP contribution in [0.5, 0.6) is 5.75 Å². The molecule has 6 heteroatoms. The van der Waals surface area contributed by atoms with Crippen LogP contribution in [0.1, 0.15) is 34.0 Å². The lowest BCUT2D eigenvalue weighted by Crippen LogP contribution is -2.39. The Balaban J connectivity index is 1.87. The summed E-state index contributed by atoms with van der Waals surface area (Å²) in [6.07, 6.45) is 1.85. The lowest BCUT2D eigenvalue weighted by molar-refractivity contribution is 0.0674. The van der Waals surface area contributed by atoms with E-state index in [1.165, 1.54) is 6.26 Å². The highest BCUT2D eigenvalue weighted by molar-refractivity contribution is 7.89. The summed E-state index contributed by atoms with van der Waals surface area (Å²) in [5, 5.41) is 0. The normalized spacial score (nSPS) is 12.2. The monoisotopic (exact) mass is 451 g/mol. The molecule has 5 nitrogen and oxygen atoms in total. The molecule has 0 aliphatic rings. The Morgan fingerprint density at radius 2 is 1.53 bits per heavy atom. The number of nitrogens with zero attached hydrogens (tertiary/aromatic N) is 1. The molecule has 0 fully saturated rings. The Morgan fingerprint density at radius 3 is 2.16 bits per heavy atom. The zero-order valence-electron chi connectivity index (χ0n) is 18.7. The lowest BCUT2D eigenvalue weighted by atomic mass is 10.0. The first-order valence-corrected chi connectivity index (χ1v) is 12.6. The molecule has 32 heavy (non-hydrogen) atoms. The molecule has 3 aromatic rings. The van der Waals surface area contributed by atoms with Crippen molar-refractivity contribution in [3.8, 4) is 5.75 Å². The zero-order chi connectivity index (χ0) is 23.1. The van der Waals surface area contributed by atoms with Gasteiger partial charge >= 0.3 is 0 Å². The minimum Gasteiger partial charge on any atom is -0.496 e. The van der Waals surface area contributed by atoms with Crippen molar-refractivity contribution in [2.24, 2.45) is 0 Å². The Kier molecular flexibility index (Phi) is 7.70. The Labute approximate surface area is 190 Å². The molecule has 0 bridgehead atoms. The molecule has 1 atom stereocenters. The van der Waals surface area contributed by atoms with Gasteiger partial charge in [0.2, 0.25) is 0 Å². The van der Waals surface area contributed by atoms with Crippen LogP contribution < -0.4 is 4.74 Å². The number of benzene rings is 3. The quantitative estimate of drug-likeness (QED) is 0.480. The predicted octanol–water partition coefficient (Wildman–Crippen LogP) is 4.51. The van der Waals surface area contributed by atoms with Crippen LogP contribution in [0.15, 0.2) is 78.9 Å². The summed E-state index contributed by atoms with van der Waals surface area (Å²) in [4.78, 5) is 15.4. The van der Waals surface area contributed by atoms with Crippen molar-refractivity contribution in [3.63, 3.8) is 0 Å². The van der Waals surface area contributed by atoms with Crippen LogP contribution in [0.3, 0.4) is 0 Å². The number of ether oxygens (including phenoxy) is 1. The summed E-state index contributed by atoms with van der Waals surface area (Å²) in [7, 11) is -1.48. The summed E-state index contributed by atoms with van der Waals surface area (Å²) in [6.45, 7) is 2.51. The van der Waals surface area contributed by atoms with Gasteiger partial charge in [-0.25, -0.2) is 8.42 Å². The molecule has 0 saturated heterocycles. The van der Waals surface area contributed by atoms with Crippen LogP contribution >= 0.6 is 0 Å². The summed E-state index contributed by atoms with van der Waals surface area (Å²) < 4.78 is 28.6. The number of sulfone groups is 1. The van der Waals surface area contributed by atoms with Crippen molar-refractivity contribution in [1.82, 2.24) is 4.90 Å². The first kappa shape index (κ1) is 23.5. The van der Waals surface area contributed by atoms with Gasteiger partial charge in [-0.05, 0) is 48.2 Å². The van der Waals surface area contributed by atoms with E-state index in [0.717, 1.165) is 16.9 Å². The van der Waals surface area contributed by atoms with Gasteiger partial charge in [0.25, 0.3) is 5.91 Å². The highest BCUT2D eigenvalue weighted by Gasteiger charge is 2.23. The maximum atomic E-state index is 13.5. The minimum atomic E-state index is -3.13. The first-order chi connectivity index (χ1) is 15.3. The van der Waals surface area contributed by atoms with Gasteiger partial charge in [0, 0.05) is 24.4 Å². The van der Waals surface area contributed by atoms with E-state index < -0.39 is 9.84 Å². The highest BCUT2D eigenvalue weighted by atomic mass is 32.2. The first-order valence-electron chi connectivity index (χ1n) is 10.5. The number of amides is 1. The van der Waals surface area contributed by atoms with Gasteiger partial charge in [-0.2, -0.15) is 0 Å². The molecule has 0 heterocycles. The molecule has 168 valence electrons. The topological polar surface area (TPSA) is 63.7 Å². The second-order valence-corrected chi connectivity index (χ2v) is 10.2. The number of rotatable bonds is 9. The van der Waals surface area contributed by atoms with E-state index in [0.29, 0.717) is 24.1 Å². The molecule has 0 N–H and O–H groups in total. The fraction of sp³-hybridized carbons (Fsp3) is 0.269. The van der Waals surface area contributed by atoms with Gasteiger partial charge in [0.05, 0.1) is 12.9 Å². The molecule has 1 amide bonds. The molecule has 3 rings (SSSR count). The van der Waals surface area contributed by atoms with Gasteiger partial charge in [-0.15, -0.1) is 0 Å². The molecule has 0 spiro atoms. The smallest absolute Gasteiger partial charge is 0.254 e. The SMILES string of the molecule is COc1ccccc1CC(C)N(Cc1ccccc1)C(=O)c1ccc(CS(C)(=O)=O)cc1. The average Bonchev–Trinajstić information content (AvgIpc) is 2.77. The van der Waals surface area contributed by atoms with Crippen LogP contribution in [-0.4, -0.2) is 38.6 Å². The van der Waals surface area contributed by atoms with Gasteiger partial charge in [-0.3, -0.25) is 4.79 Å². The molecule has 0 aliphatic carbocycles. The maximum Gasteiger partial charge on any atom is 0.254 e. The number of hydrogen-bond acceptors (Lipinski definition) is 4. The zero-order valence-corrected chi connectivity index (χ0v) is 19.5. The highest BCUT2D eigenvalue weighted by Crippen LogP contribution is 2.23. The summed E-state index contributed by atoms with van der Waals surface area (Å²) in [5.41, 5.74) is 3.28. The molecular formula is C26H29NO4S. The van der Waals surface area contributed by atoms with E-state index in [1.54, 1.807) is 31.4 Å². The van der Waals surface area contributed by atoms with Gasteiger partial charge < -0.3 is 9.64 Å². The van der Waals surface area contributed by atoms with E-state index in [-0.39, 0.29) is 17.7 Å². The molecule has 0 aromatic heterocycles. The number of para-hydroxylation sites is 1. The number of carbonyl (C=O) groups is 1. The van der Waals surface area contributed by atoms with Crippen LogP contribution in [0.2, 0.25) is 0 Å². The molecule has 3 aromatic carbocycles. The second kappa shape index (κ2) is 10.5. The Morgan fingerprint density at radius 1 is 0.906 bits per heavy atom. The van der Waals surface area contributed by atoms with Crippen molar-refractivity contribution in [2.75, 3.05) is 13.4 Å². The fourth-order valence-electron chi connectivity index (χ4n) is 3.72. The second-order valence-electron chi connectivity index (χ2n) is 8.05. The van der Waals surface area contributed by atoms with Gasteiger partial charge in [0.15, 0.2) is 9.84 Å². The standard InChI is InChI=1S/C26H29NO4S/c1-20(17-24-11-7-8-12-25(24)31-2)27(18-21-9-5-4-6-10-21)26(28)23-15-13-22(14-16-23)19-32(3,29)30/h4-16,20H,17-19H2,1-3H3. The van der Waals surface area contributed by atoms with Crippen LogP contribution in [-0.2, 0) is 28.6 Å². The van der Waals surface area contributed by atoms with Gasteiger partial charge in [-0.1, -0.05) is 60.7 Å². The summed E-state index contributed by atoms with van der Waals surface area (Å²) in [5.74, 6) is 0.665. The van der Waals surface area contributed by atoms with Crippen LogP contribution in [0.25, 0.3) is 0 Å². The van der Waals surface area contributed by atoms with E-state index >= 15 is 0 Å². The van der Waals surface area contributed by atoms with Crippen molar-refractivity contribution in [2.45, 2.75) is 31.7 Å². The molecular weight excluding hydrogens is 422 g/mol. The number of carbonyl (C=O) groups excluding carboxylic acids is 1. The summed E-state index contributed by atoms with van der Waals surface area (Å²) >= 11 is 0. The minimum absolute atomic E-state index is 0.0423. The largest absolute Gasteiger partial charge is 0.496 e. The van der Waals surface area contributed by atoms with Crippen molar-refractivity contribution < 1.29 is 17.9 Å². The van der Waals surface area contributed by atoms with Crippen molar-refractivity contribution in [3.05, 3.63) is 101 Å². The van der Waals surface area contributed by atoms with Crippen LogP contribution in [0, 0.1) is 0 Å². The number of hydrogen-bond donors (Lipinski definition) is 0. The van der Waals surface area contributed by atoms with Crippen molar-refractivity contribution in [1.29, 1.82) is 0 Å². The third kappa shape index (κ3) is 6.44. The Hall–Kier alpha value is -3.12. The number of methoxy groups -OCH3 is 1. The van der Waals surface area contributed by atoms with Crippen LogP contribution in [0.4, 0.5) is 0 Å². The van der Waals surface area contributed by atoms with E-state index in [4.69, 9.17) is 4.74 Å². The predicted molar refractivity (Wildman–Crippen MR) is 127 cm³/mol. The maximum absolute atomic E-state index is 13.5. The third-order valence-electron chi connectivity index (χ3n) is 5.33. The molecule has 0 radical (unpaired) electrons. The summed E-state index contributed by atoms with van der Waals surface area (Å²) in [6, 6.07) is 24.5.